The second kappa shape index (κ2) is 4.85. The van der Waals surface area contributed by atoms with Crippen LogP contribution in [0.1, 0.15) is 25.8 Å². The van der Waals surface area contributed by atoms with E-state index in [1.165, 1.54) is 4.90 Å². The molecule has 6 heteroatoms. The summed E-state index contributed by atoms with van der Waals surface area (Å²) in [5.74, 6) is 0. The van der Waals surface area contributed by atoms with E-state index in [1.807, 2.05) is 26.2 Å². The minimum Gasteiger partial charge on any atom is -0.465 e. The van der Waals surface area contributed by atoms with Gasteiger partial charge in [-0.2, -0.15) is 0 Å². The molecule has 1 amide bonds. The summed E-state index contributed by atoms with van der Waals surface area (Å²) in [4.78, 5) is 17.2. The lowest BCUT2D eigenvalue weighted by Crippen LogP contribution is -2.54. The fourth-order valence-corrected chi connectivity index (χ4v) is 2.79. The molecule has 100 valence electrons. The Morgan fingerprint density at radius 2 is 2.39 bits per heavy atom. The highest BCUT2D eigenvalue weighted by molar-refractivity contribution is 7.09. The summed E-state index contributed by atoms with van der Waals surface area (Å²) >= 11 is 1.55. The van der Waals surface area contributed by atoms with Crippen molar-refractivity contribution in [2.75, 3.05) is 6.61 Å². The molecule has 0 unspecified atom stereocenters. The zero-order chi connectivity index (χ0) is 13.3. The molecule has 0 aliphatic carbocycles. The number of thiazole rings is 1. The van der Waals surface area contributed by atoms with Crippen LogP contribution in [0, 0.1) is 0 Å². The van der Waals surface area contributed by atoms with Crippen LogP contribution in [-0.4, -0.2) is 45.4 Å². The number of hydrogen-bond donors (Lipinski definition) is 1. The zero-order valence-corrected chi connectivity index (χ0v) is 11.6. The molecule has 2 heterocycles. The van der Waals surface area contributed by atoms with Gasteiger partial charge in [-0.05, 0) is 20.8 Å². The Kier molecular flexibility index (Phi) is 3.59. The molecule has 0 bridgehead atoms. The minimum atomic E-state index is -0.903. The quantitative estimate of drug-likeness (QED) is 0.852. The number of carboxylic acid groups (broad SMARTS) is 1. The van der Waals surface area contributed by atoms with Crippen molar-refractivity contribution in [3.8, 4) is 0 Å². The molecule has 0 saturated carbocycles. The van der Waals surface area contributed by atoms with Gasteiger partial charge in [0.25, 0.3) is 0 Å². The van der Waals surface area contributed by atoms with E-state index in [4.69, 9.17) is 4.74 Å². The third-order valence-corrected chi connectivity index (χ3v) is 3.72. The van der Waals surface area contributed by atoms with E-state index in [2.05, 4.69) is 4.98 Å². The van der Waals surface area contributed by atoms with E-state index < -0.39 is 11.6 Å². The number of nitrogens with zero attached hydrogens (tertiary/aromatic N) is 2. The normalized spacial score (nSPS) is 20.5. The highest BCUT2D eigenvalue weighted by Crippen LogP contribution is 2.29. The maximum Gasteiger partial charge on any atom is 0.408 e. The van der Waals surface area contributed by atoms with E-state index in [-0.39, 0.29) is 12.1 Å². The highest BCUT2D eigenvalue weighted by Gasteiger charge is 2.43. The molecule has 5 nitrogen and oxygen atoms in total. The molecule has 1 aliphatic rings. The first-order valence-corrected chi connectivity index (χ1v) is 6.80. The third-order valence-electron chi connectivity index (χ3n) is 2.92. The van der Waals surface area contributed by atoms with Gasteiger partial charge in [0.2, 0.25) is 0 Å². The topological polar surface area (TPSA) is 66.0 Å². The monoisotopic (exact) mass is 270 g/mol. The molecule has 2 atom stereocenters. The first kappa shape index (κ1) is 13.3. The van der Waals surface area contributed by atoms with Crippen molar-refractivity contribution in [3.05, 3.63) is 16.6 Å². The Morgan fingerprint density at radius 3 is 2.78 bits per heavy atom. The standard InChI is InChI=1S/C12H18N2O3S/c1-12(2,3)14(11(15)16)8(9-7-17-9)6-10-13-4-5-18-10/h4-5,8-9H,6-7H2,1-3H3,(H,15,16)/t8-,9+/m0/s1. The van der Waals surface area contributed by atoms with E-state index in [9.17, 15) is 9.90 Å². The van der Waals surface area contributed by atoms with Gasteiger partial charge < -0.3 is 9.84 Å². The van der Waals surface area contributed by atoms with E-state index in [0.29, 0.717) is 13.0 Å². The molecular weight excluding hydrogens is 252 g/mol. The van der Waals surface area contributed by atoms with Crippen molar-refractivity contribution in [2.45, 2.75) is 44.9 Å². The fourth-order valence-electron chi connectivity index (χ4n) is 2.13. The minimum absolute atomic E-state index is 0.00391. The van der Waals surface area contributed by atoms with Crippen molar-refractivity contribution < 1.29 is 14.6 Å². The number of aromatic nitrogens is 1. The van der Waals surface area contributed by atoms with Gasteiger partial charge in [-0.25, -0.2) is 9.78 Å². The predicted octanol–water partition coefficient (Wildman–Crippen LogP) is 2.23. The summed E-state index contributed by atoms with van der Waals surface area (Å²) in [7, 11) is 0. The van der Waals surface area contributed by atoms with Gasteiger partial charge in [-0.3, -0.25) is 4.90 Å². The van der Waals surface area contributed by atoms with Crippen LogP contribution in [0.4, 0.5) is 4.79 Å². The molecule has 18 heavy (non-hydrogen) atoms. The molecule has 2 rings (SSSR count). The van der Waals surface area contributed by atoms with Crippen LogP contribution >= 0.6 is 11.3 Å². The number of rotatable bonds is 4. The van der Waals surface area contributed by atoms with Crippen LogP contribution in [0.15, 0.2) is 11.6 Å². The number of amides is 1. The Labute approximate surface area is 110 Å². The first-order valence-electron chi connectivity index (χ1n) is 5.92. The van der Waals surface area contributed by atoms with Crippen molar-refractivity contribution in [2.24, 2.45) is 0 Å². The van der Waals surface area contributed by atoms with Gasteiger partial charge in [-0.1, -0.05) is 0 Å². The molecule has 1 aromatic rings. The van der Waals surface area contributed by atoms with Gasteiger partial charge >= 0.3 is 6.09 Å². The SMILES string of the molecule is CC(C)(C)N(C(=O)O)[C@@H](Cc1nccs1)[C@H]1CO1. The highest BCUT2D eigenvalue weighted by atomic mass is 32.1. The van der Waals surface area contributed by atoms with Crippen LogP contribution in [0.3, 0.4) is 0 Å². The number of hydrogen-bond acceptors (Lipinski definition) is 4. The summed E-state index contributed by atoms with van der Waals surface area (Å²) in [6, 6.07) is -0.159. The molecule has 0 radical (unpaired) electrons. The summed E-state index contributed by atoms with van der Waals surface area (Å²) in [6.45, 7) is 6.34. The molecule has 1 saturated heterocycles. The van der Waals surface area contributed by atoms with E-state index in [1.54, 1.807) is 17.5 Å². The average molecular weight is 270 g/mol. The van der Waals surface area contributed by atoms with Crippen LogP contribution in [0.2, 0.25) is 0 Å². The lowest BCUT2D eigenvalue weighted by molar-refractivity contribution is 0.0594. The lowest BCUT2D eigenvalue weighted by atomic mass is 10.00. The summed E-state index contributed by atoms with van der Waals surface area (Å²) in [6.07, 6.45) is 1.46. The van der Waals surface area contributed by atoms with Crippen molar-refractivity contribution in [3.63, 3.8) is 0 Å². The molecular formula is C12H18N2O3S. The molecule has 1 N–H and O–H groups in total. The Balaban J connectivity index is 2.19. The number of ether oxygens (including phenoxy) is 1. The Hall–Kier alpha value is -1.14. The second-order valence-corrected chi connectivity index (χ2v) is 6.37. The maximum atomic E-state index is 11.5. The van der Waals surface area contributed by atoms with Gasteiger partial charge in [0.15, 0.2) is 0 Å². The molecule has 1 aliphatic heterocycles. The van der Waals surface area contributed by atoms with Crippen LogP contribution in [0.25, 0.3) is 0 Å². The smallest absolute Gasteiger partial charge is 0.408 e. The fraction of sp³-hybridized carbons (Fsp3) is 0.667. The largest absolute Gasteiger partial charge is 0.465 e. The van der Waals surface area contributed by atoms with Crippen molar-refractivity contribution >= 4 is 17.4 Å². The van der Waals surface area contributed by atoms with Gasteiger partial charge in [0.1, 0.15) is 6.10 Å². The van der Waals surface area contributed by atoms with E-state index in [0.717, 1.165) is 5.01 Å². The maximum absolute atomic E-state index is 11.5. The zero-order valence-electron chi connectivity index (χ0n) is 10.8. The average Bonchev–Trinajstić information content (AvgIpc) is 2.94. The van der Waals surface area contributed by atoms with Crippen LogP contribution in [-0.2, 0) is 11.2 Å². The number of carbonyl (C=O) groups is 1. The Bertz CT molecular complexity index is 409. The van der Waals surface area contributed by atoms with Gasteiger partial charge in [-0.15, -0.1) is 11.3 Å². The summed E-state index contributed by atoms with van der Waals surface area (Å²) < 4.78 is 5.32. The summed E-state index contributed by atoms with van der Waals surface area (Å²) in [5, 5.41) is 12.3. The van der Waals surface area contributed by atoms with E-state index >= 15 is 0 Å². The van der Waals surface area contributed by atoms with Crippen LogP contribution < -0.4 is 0 Å². The molecule has 0 spiro atoms. The molecule has 0 aromatic carbocycles. The second-order valence-electron chi connectivity index (χ2n) is 5.39. The van der Waals surface area contributed by atoms with Crippen LogP contribution in [0.5, 0.6) is 0 Å². The first-order chi connectivity index (χ1) is 8.39. The van der Waals surface area contributed by atoms with Crippen molar-refractivity contribution in [1.29, 1.82) is 0 Å². The third kappa shape index (κ3) is 3.00. The predicted molar refractivity (Wildman–Crippen MR) is 69.0 cm³/mol. The lowest BCUT2D eigenvalue weighted by Gasteiger charge is -2.38. The Morgan fingerprint density at radius 1 is 1.72 bits per heavy atom. The van der Waals surface area contributed by atoms with Crippen molar-refractivity contribution in [1.82, 2.24) is 9.88 Å². The molecule has 1 aromatic heterocycles. The van der Waals surface area contributed by atoms with Gasteiger partial charge in [0, 0.05) is 23.5 Å². The van der Waals surface area contributed by atoms with Gasteiger partial charge in [0.05, 0.1) is 17.7 Å². The number of epoxide rings is 1. The molecule has 1 fully saturated rings. The summed E-state index contributed by atoms with van der Waals surface area (Å²) in [5.41, 5.74) is -0.445.